The number of unbranched alkanes of at least 4 members (excludes halogenated alkanes) is 12. The van der Waals surface area contributed by atoms with Crippen molar-refractivity contribution in [2.45, 2.75) is 122 Å². The van der Waals surface area contributed by atoms with Crippen molar-refractivity contribution in [3.8, 4) is 0 Å². The van der Waals surface area contributed by atoms with Gasteiger partial charge in [0.2, 0.25) is 5.60 Å². The molecule has 0 aliphatic rings. The first-order chi connectivity index (χ1) is 14.2. The second-order valence-corrected chi connectivity index (χ2v) is 10.2. The van der Waals surface area contributed by atoms with Gasteiger partial charge in [-0.1, -0.05) is 90.9 Å². The van der Waals surface area contributed by atoms with Crippen molar-refractivity contribution in [1.29, 1.82) is 0 Å². The van der Waals surface area contributed by atoms with Gasteiger partial charge in [-0.25, -0.2) is 0 Å². The van der Waals surface area contributed by atoms with Gasteiger partial charge in [0.1, 0.15) is 6.54 Å². The Kier molecular flexibility index (Phi) is 17.1. The number of likely N-dealkylation sites (N-methyl/N-ethyl adjacent to an activating group) is 1. The number of hydrogen-bond acceptors (Lipinski definition) is 3. The molecule has 0 saturated heterocycles. The van der Waals surface area contributed by atoms with E-state index in [-0.39, 0.29) is 11.6 Å². The van der Waals surface area contributed by atoms with E-state index in [0.717, 1.165) is 38.5 Å². The van der Waals surface area contributed by atoms with Gasteiger partial charge in [-0.05, 0) is 12.8 Å². The molecule has 0 spiro atoms. The zero-order chi connectivity index (χ0) is 22.9. The molecule has 0 amide bonds. The van der Waals surface area contributed by atoms with Crippen LogP contribution in [0, 0.1) is 0 Å². The average Bonchev–Trinajstić information content (AvgIpc) is 2.69. The normalized spacial score (nSPS) is 12.3. The summed E-state index contributed by atoms with van der Waals surface area (Å²) in [6.07, 6.45) is 17.0. The summed E-state index contributed by atoms with van der Waals surface area (Å²) in [7, 11) is 9.14. The number of Topliss-reactive ketones (excluding diaryl/α,β-unsaturated/α-hetero) is 2. The molecule has 0 atom stereocenters. The quantitative estimate of drug-likeness (QED) is 0.0836. The fraction of sp³-hybridized carbons (Fsp3) is 0.920. The lowest BCUT2D eigenvalue weighted by Gasteiger charge is -2.39. The Bertz CT molecular complexity index is 430. The van der Waals surface area contributed by atoms with Crippen molar-refractivity contribution in [3.05, 3.63) is 0 Å². The predicted octanol–water partition coefficient (Wildman–Crippen LogP) is 6.93. The van der Waals surface area contributed by atoms with Crippen LogP contribution >= 0.6 is 9.47 Å². The maximum Gasteiger partial charge on any atom is 0.204 e. The fourth-order valence-corrected chi connectivity index (χ4v) is 4.33. The van der Waals surface area contributed by atoms with Crippen LogP contribution in [0.5, 0.6) is 0 Å². The van der Waals surface area contributed by atoms with E-state index < -0.39 is 5.60 Å². The molecule has 0 aliphatic heterocycles. The Morgan fingerprint density at radius 2 is 1.00 bits per heavy atom. The molecule has 178 valence electrons. The third kappa shape index (κ3) is 13.2. The summed E-state index contributed by atoms with van der Waals surface area (Å²) in [6, 6.07) is 0. The number of carbonyl (C=O) groups is 2. The van der Waals surface area contributed by atoms with Crippen LogP contribution in [0.1, 0.15) is 117 Å². The van der Waals surface area contributed by atoms with E-state index in [9.17, 15) is 9.59 Å². The van der Waals surface area contributed by atoms with E-state index in [1.54, 1.807) is 0 Å². The van der Waals surface area contributed by atoms with Gasteiger partial charge in [-0.3, -0.25) is 9.59 Å². The maximum absolute atomic E-state index is 13.2. The number of ketones is 2. The third-order valence-corrected chi connectivity index (χ3v) is 6.14. The van der Waals surface area contributed by atoms with Crippen molar-refractivity contribution in [1.82, 2.24) is 0 Å². The summed E-state index contributed by atoms with van der Waals surface area (Å²) in [6.45, 7) is 4.80. The van der Waals surface area contributed by atoms with E-state index in [1.807, 2.05) is 21.1 Å². The van der Waals surface area contributed by atoms with Crippen LogP contribution in [0.4, 0.5) is 0 Å². The average molecular weight is 444 g/mol. The van der Waals surface area contributed by atoms with Crippen LogP contribution in [0.3, 0.4) is 0 Å². The molecule has 0 fully saturated rings. The Hall–Kier alpha value is -0.310. The van der Waals surface area contributed by atoms with Crippen LogP contribution in [-0.2, 0) is 14.1 Å². The molecule has 0 radical (unpaired) electrons. The highest BCUT2D eigenvalue weighted by molar-refractivity contribution is 7.10. The molecule has 0 aromatic heterocycles. The van der Waals surface area contributed by atoms with E-state index in [1.165, 1.54) is 51.4 Å². The van der Waals surface area contributed by atoms with Crippen molar-refractivity contribution < 1.29 is 18.6 Å². The largest absolute Gasteiger partial charge is 0.541 e. The van der Waals surface area contributed by atoms with E-state index in [2.05, 4.69) is 23.3 Å². The molecule has 0 N–H and O–H groups in total. The van der Waals surface area contributed by atoms with Crippen molar-refractivity contribution in [3.63, 3.8) is 0 Å². The van der Waals surface area contributed by atoms with Gasteiger partial charge in [0.15, 0.2) is 11.6 Å². The van der Waals surface area contributed by atoms with Gasteiger partial charge in [0.05, 0.1) is 21.1 Å². The molecule has 0 bridgehead atoms. The highest BCUT2D eigenvalue weighted by Crippen LogP contribution is 2.27. The molecular formula is C25H50NO3P. The second kappa shape index (κ2) is 17.3. The zero-order valence-corrected chi connectivity index (χ0v) is 21.7. The zero-order valence-electron chi connectivity index (χ0n) is 20.7. The Morgan fingerprint density at radius 1 is 0.667 bits per heavy atom. The maximum atomic E-state index is 13.2. The summed E-state index contributed by atoms with van der Waals surface area (Å²) in [5.74, 6) is -0.126. The molecule has 4 nitrogen and oxygen atoms in total. The monoisotopic (exact) mass is 443 g/mol. The van der Waals surface area contributed by atoms with Gasteiger partial charge in [-0.2, -0.15) is 0 Å². The first-order valence-corrected chi connectivity index (χ1v) is 12.9. The number of nitrogens with zero attached hydrogens (tertiary/aromatic N) is 1. The molecular weight excluding hydrogens is 393 g/mol. The number of carbonyl (C=O) groups excluding carboxylic acids is 2. The fourth-order valence-electron chi connectivity index (χ4n) is 4.04. The van der Waals surface area contributed by atoms with Gasteiger partial charge < -0.3 is 18.5 Å². The molecule has 5 heteroatoms. The molecule has 30 heavy (non-hydrogen) atoms. The Morgan fingerprint density at radius 3 is 1.30 bits per heavy atom. The minimum Gasteiger partial charge on any atom is -0.541 e. The molecule has 0 heterocycles. The van der Waals surface area contributed by atoms with Crippen LogP contribution < -0.4 is 0 Å². The van der Waals surface area contributed by atoms with Gasteiger partial charge in [0, 0.05) is 12.8 Å². The van der Waals surface area contributed by atoms with E-state index in [4.69, 9.17) is 4.52 Å². The lowest BCUT2D eigenvalue weighted by molar-refractivity contribution is -0.873. The topological polar surface area (TPSA) is 43.4 Å². The summed E-state index contributed by atoms with van der Waals surface area (Å²) < 4.78 is 6.06. The Balaban J connectivity index is 4.70. The van der Waals surface area contributed by atoms with Gasteiger partial charge in [-0.15, -0.1) is 0 Å². The van der Waals surface area contributed by atoms with Crippen LogP contribution in [0.2, 0.25) is 0 Å². The van der Waals surface area contributed by atoms with Crippen molar-refractivity contribution in [2.24, 2.45) is 0 Å². The molecule has 0 rings (SSSR count). The van der Waals surface area contributed by atoms with Crippen molar-refractivity contribution >= 4 is 21.0 Å². The molecule has 0 aliphatic carbocycles. The highest BCUT2D eigenvalue weighted by Gasteiger charge is 2.46. The smallest absolute Gasteiger partial charge is 0.204 e. The summed E-state index contributed by atoms with van der Waals surface area (Å²) in [4.78, 5) is 26.3. The minimum atomic E-state index is -1.36. The van der Waals surface area contributed by atoms with Crippen LogP contribution in [0.25, 0.3) is 0 Å². The number of hydrogen-bond donors (Lipinski definition) is 0. The first kappa shape index (κ1) is 29.7. The van der Waals surface area contributed by atoms with E-state index in [0.29, 0.717) is 23.9 Å². The third-order valence-electron chi connectivity index (χ3n) is 5.79. The van der Waals surface area contributed by atoms with Gasteiger partial charge in [0.25, 0.3) is 0 Å². The molecule has 0 aromatic rings. The standard InChI is InChI=1S/C25H50NO3P/c1-6-8-10-12-14-16-18-20-23(27)25(29-30,22-26(3,4)5)24(28)21-19-17-15-13-11-9-7-2/h30H,6-22H2,1-5H3. The number of rotatable bonds is 21. The molecule has 0 saturated carbocycles. The summed E-state index contributed by atoms with van der Waals surface area (Å²) in [5, 5.41) is 0. The molecule has 0 unspecified atom stereocenters. The van der Waals surface area contributed by atoms with Crippen LogP contribution in [0.15, 0.2) is 0 Å². The lowest BCUT2D eigenvalue weighted by Crippen LogP contribution is -2.58. The van der Waals surface area contributed by atoms with Crippen molar-refractivity contribution in [2.75, 3.05) is 27.7 Å². The minimum absolute atomic E-state index is 0.0629. The highest BCUT2D eigenvalue weighted by atomic mass is 31.0. The van der Waals surface area contributed by atoms with Gasteiger partial charge >= 0.3 is 0 Å². The Labute approximate surface area is 189 Å². The SMILES string of the molecule is CCCCCCCCCC(=O)C(C[N+](C)(C)C)(O[PH-])C(=O)CCCCCCCCC. The first-order valence-electron chi connectivity index (χ1n) is 12.4. The summed E-state index contributed by atoms with van der Waals surface area (Å²) >= 11 is 0. The van der Waals surface area contributed by atoms with Crippen LogP contribution in [-0.4, -0.2) is 49.3 Å². The van der Waals surface area contributed by atoms with E-state index >= 15 is 0 Å². The lowest BCUT2D eigenvalue weighted by atomic mass is 9.86. The number of quaternary nitrogens is 1. The molecule has 0 aromatic carbocycles. The predicted molar refractivity (Wildman–Crippen MR) is 130 cm³/mol. The summed E-state index contributed by atoms with van der Waals surface area (Å²) in [5.41, 5.74) is -1.36. The second-order valence-electron chi connectivity index (χ2n) is 9.97.